The Morgan fingerprint density at radius 1 is 0.451 bits per heavy atom. The summed E-state index contributed by atoms with van der Waals surface area (Å²) in [5.41, 5.74) is -1.19. The number of hydrogen-bond donors (Lipinski definition) is 0. The second kappa shape index (κ2) is 11.2. The second-order valence-electron chi connectivity index (χ2n) is 11.2. The highest BCUT2D eigenvalue weighted by Gasteiger charge is 2.20. The number of hydrogen-bond acceptors (Lipinski definition) is 5. The number of thiophene rings is 2. The van der Waals surface area contributed by atoms with Gasteiger partial charge in [0.25, 0.3) is 0 Å². The average Bonchev–Trinajstić information content (AvgIpc) is 4.08. The fraction of sp³-hybridized carbons (Fsp3) is 0. The monoisotopic (exact) mass is 707 g/mol. The summed E-state index contributed by atoms with van der Waals surface area (Å²) in [5, 5.41) is -0.665. The van der Waals surface area contributed by atoms with Crippen LogP contribution in [0.3, 0.4) is 0 Å². The smallest absolute Gasteiger partial charge is 0.238 e. The van der Waals surface area contributed by atoms with Crippen LogP contribution in [0.15, 0.2) is 157 Å². The molecule has 0 unspecified atom stereocenters. The molecule has 4 nitrogen and oxygen atoms in total. The maximum absolute atomic E-state index is 9.78. The third-order valence-electron chi connectivity index (χ3n) is 8.32. The first-order chi connectivity index (χ1) is 34.0. The SMILES string of the molecule is [2H]c1c([2H])c([2H])c(-c2nc(-c3c([2H])c([2H])c4c(sc5c([2H])c([2H])c([2H])c(-c6ccccc6)c54)c3[2H])nc(-n3c4c([2H])c([2H])c([2H])c([2H])c4c4c([2H])c5c(sc6c([2H])c([2H])c([2H])c([2H])c65)c([2H])c43)n2)c([2H])c1[2H]. The first-order valence-electron chi connectivity index (χ1n) is 25.7. The normalized spacial score (nSPS) is 17.7. The number of aromatic nitrogens is 4. The summed E-state index contributed by atoms with van der Waals surface area (Å²) in [6.45, 7) is 0. The molecule has 0 saturated heterocycles. The van der Waals surface area contributed by atoms with Crippen molar-refractivity contribution in [1.82, 2.24) is 19.5 Å². The molecule has 0 aliphatic carbocycles. The predicted molar refractivity (Wildman–Crippen MR) is 216 cm³/mol. The molecule has 0 spiro atoms. The number of benzene rings is 7. The molecule has 0 aliphatic heterocycles. The van der Waals surface area contributed by atoms with Crippen molar-refractivity contribution in [2.45, 2.75) is 0 Å². The standard InChI is InChI=1S/C45H26N4S2/c1-3-12-27(13-4-1)30-18-11-21-39-42(30)33-23-22-29(24-40(33)51-39)44-46-43(28-14-5-2-6-15-28)47-45(48-44)49-36-19-9-7-16-31(36)34-25-35-32-17-8-10-20-38(32)50-41(35)26-37(34)49/h1-26H/i2D,5D,6D,7D,8D,9D,10D,11D,14D,15D,16D,17D,18D,19D,20D,21D,22D,23D,24D,25D,26D. The van der Waals surface area contributed by atoms with E-state index >= 15 is 0 Å². The first kappa shape index (κ1) is 15.0. The molecule has 4 heterocycles. The minimum Gasteiger partial charge on any atom is -0.278 e. The van der Waals surface area contributed by atoms with Gasteiger partial charge < -0.3 is 0 Å². The predicted octanol–water partition coefficient (Wildman–Crippen LogP) is 12.7. The number of fused-ring (bicyclic) bond motifs is 9. The van der Waals surface area contributed by atoms with Crippen LogP contribution in [0.4, 0.5) is 0 Å². The van der Waals surface area contributed by atoms with Crippen molar-refractivity contribution in [3.63, 3.8) is 0 Å². The highest BCUT2D eigenvalue weighted by atomic mass is 32.1. The molecule has 6 heteroatoms. The maximum atomic E-state index is 9.78. The molecule has 0 aliphatic rings. The molecular formula is C45H26N4S2. The van der Waals surface area contributed by atoms with Gasteiger partial charge in [0.15, 0.2) is 11.6 Å². The van der Waals surface area contributed by atoms with Gasteiger partial charge in [-0.25, -0.2) is 4.98 Å². The van der Waals surface area contributed by atoms with E-state index in [0.29, 0.717) is 5.56 Å². The van der Waals surface area contributed by atoms with Gasteiger partial charge in [0.05, 0.1) is 39.8 Å². The average molecular weight is 708 g/mol. The molecule has 0 fully saturated rings. The number of nitrogens with zero attached hydrogens (tertiary/aromatic N) is 4. The molecule has 7 aromatic carbocycles. The van der Waals surface area contributed by atoms with E-state index < -0.39 is 149 Å². The Bertz CT molecular complexity index is 4330. The lowest BCUT2D eigenvalue weighted by Gasteiger charge is -2.11. The number of para-hydroxylation sites is 1. The topological polar surface area (TPSA) is 43.6 Å². The van der Waals surface area contributed by atoms with Gasteiger partial charge in [-0.15, -0.1) is 22.7 Å². The van der Waals surface area contributed by atoms with Gasteiger partial charge in [0.2, 0.25) is 5.95 Å². The molecule has 0 amide bonds. The molecule has 0 saturated carbocycles. The Kier molecular flexibility index (Phi) is 3.27. The van der Waals surface area contributed by atoms with Crippen LogP contribution in [0.1, 0.15) is 28.8 Å². The number of rotatable bonds is 4. The van der Waals surface area contributed by atoms with Crippen molar-refractivity contribution in [1.29, 1.82) is 0 Å². The maximum Gasteiger partial charge on any atom is 0.238 e. The summed E-state index contributed by atoms with van der Waals surface area (Å²) in [4.78, 5) is 13.7. The van der Waals surface area contributed by atoms with Gasteiger partial charge in [-0.3, -0.25) is 4.57 Å². The Labute approximate surface area is 330 Å². The molecule has 51 heavy (non-hydrogen) atoms. The fourth-order valence-electron chi connectivity index (χ4n) is 6.13. The van der Waals surface area contributed by atoms with Crippen LogP contribution in [0.2, 0.25) is 0 Å². The van der Waals surface area contributed by atoms with E-state index in [4.69, 9.17) is 19.2 Å². The lowest BCUT2D eigenvalue weighted by atomic mass is 9.99. The van der Waals surface area contributed by atoms with Crippen molar-refractivity contribution >= 4 is 84.8 Å². The van der Waals surface area contributed by atoms with E-state index in [9.17, 15) is 9.60 Å². The molecule has 0 N–H and O–H groups in total. The van der Waals surface area contributed by atoms with Gasteiger partial charge in [0.1, 0.15) is 0 Å². The van der Waals surface area contributed by atoms with Crippen molar-refractivity contribution in [2.24, 2.45) is 0 Å². The lowest BCUT2D eigenvalue weighted by Crippen LogP contribution is -2.06. The van der Waals surface area contributed by atoms with Crippen LogP contribution in [0.5, 0.6) is 0 Å². The molecule has 0 radical (unpaired) electrons. The van der Waals surface area contributed by atoms with Gasteiger partial charge in [-0.05, 0) is 47.4 Å². The third kappa shape index (κ3) is 4.47. The van der Waals surface area contributed by atoms with Crippen molar-refractivity contribution in [3.05, 3.63) is 157 Å². The van der Waals surface area contributed by atoms with E-state index in [1.54, 1.807) is 30.3 Å². The zero-order chi connectivity index (χ0) is 51.7. The molecule has 238 valence electrons. The van der Waals surface area contributed by atoms with Crippen LogP contribution >= 0.6 is 22.7 Å². The van der Waals surface area contributed by atoms with Crippen molar-refractivity contribution < 1.29 is 28.8 Å². The summed E-state index contributed by atoms with van der Waals surface area (Å²) < 4.78 is 189. The summed E-state index contributed by atoms with van der Waals surface area (Å²) in [6, 6.07) is -4.39. The summed E-state index contributed by atoms with van der Waals surface area (Å²) >= 11 is 1.60. The third-order valence-corrected chi connectivity index (χ3v) is 10.4. The van der Waals surface area contributed by atoms with E-state index in [1.807, 2.05) is 0 Å². The molecule has 11 aromatic rings. The van der Waals surface area contributed by atoms with Crippen LogP contribution in [-0.4, -0.2) is 19.5 Å². The zero-order valence-electron chi connectivity index (χ0n) is 46.5. The van der Waals surface area contributed by atoms with Crippen LogP contribution in [0, 0.1) is 0 Å². The molecular weight excluding hydrogens is 661 g/mol. The quantitative estimate of drug-likeness (QED) is 0.183. The summed E-state index contributed by atoms with van der Waals surface area (Å²) in [5.74, 6) is -1.96. The minimum atomic E-state index is -0.806. The zero-order valence-corrected chi connectivity index (χ0v) is 27.1. The van der Waals surface area contributed by atoms with Crippen LogP contribution in [0.25, 0.3) is 102 Å². The van der Waals surface area contributed by atoms with E-state index in [-0.39, 0.29) is 74.3 Å². The summed E-state index contributed by atoms with van der Waals surface area (Å²) in [7, 11) is 0. The molecule has 0 atom stereocenters. The second-order valence-corrected chi connectivity index (χ2v) is 13.2. The summed E-state index contributed by atoms with van der Waals surface area (Å²) in [6.07, 6.45) is 0. The largest absolute Gasteiger partial charge is 0.278 e. The van der Waals surface area contributed by atoms with Crippen LogP contribution in [-0.2, 0) is 0 Å². The molecule has 4 aromatic heterocycles. The van der Waals surface area contributed by atoms with Crippen LogP contribution < -0.4 is 0 Å². The Hall–Kier alpha value is -6.21. The molecule has 0 bridgehead atoms. The highest BCUT2D eigenvalue weighted by molar-refractivity contribution is 7.26. The minimum absolute atomic E-state index is 0.00243. The van der Waals surface area contributed by atoms with Gasteiger partial charge in [-0.2, -0.15) is 9.97 Å². The van der Waals surface area contributed by atoms with Crippen molar-refractivity contribution in [3.8, 4) is 39.9 Å². The van der Waals surface area contributed by atoms with Crippen molar-refractivity contribution in [2.75, 3.05) is 0 Å². The van der Waals surface area contributed by atoms with Gasteiger partial charge in [0, 0.05) is 62.2 Å². The Morgan fingerprint density at radius 2 is 1.18 bits per heavy atom. The van der Waals surface area contributed by atoms with E-state index in [2.05, 4.69) is 15.0 Å². The fourth-order valence-corrected chi connectivity index (χ4v) is 8.11. The molecule has 11 rings (SSSR count). The highest BCUT2D eigenvalue weighted by Crippen LogP contribution is 2.43. The van der Waals surface area contributed by atoms with E-state index in [1.165, 1.54) is 0 Å². The van der Waals surface area contributed by atoms with Gasteiger partial charge in [-0.1, -0.05) is 121 Å². The van der Waals surface area contributed by atoms with E-state index in [0.717, 1.165) is 27.2 Å². The lowest BCUT2D eigenvalue weighted by molar-refractivity contribution is 0.954. The first-order valence-corrected chi connectivity index (χ1v) is 16.9. The Morgan fingerprint density at radius 3 is 2.06 bits per heavy atom. The van der Waals surface area contributed by atoms with Gasteiger partial charge >= 0.3 is 0 Å². The Balaban J connectivity index is 1.34.